The van der Waals surface area contributed by atoms with Crippen LogP contribution >= 0.6 is 23.2 Å². The van der Waals surface area contributed by atoms with Crippen molar-refractivity contribution in [2.75, 3.05) is 5.32 Å². The van der Waals surface area contributed by atoms with E-state index in [0.29, 0.717) is 21.3 Å². The van der Waals surface area contributed by atoms with Gasteiger partial charge in [-0.15, -0.1) is 0 Å². The first kappa shape index (κ1) is 17.3. The highest BCUT2D eigenvalue weighted by molar-refractivity contribution is 6.42. The molecule has 0 aliphatic heterocycles. The Balaban J connectivity index is 1.95. The third kappa shape index (κ3) is 4.50. The predicted molar refractivity (Wildman–Crippen MR) is 106 cm³/mol. The van der Waals surface area contributed by atoms with Crippen LogP contribution in [-0.2, 0) is 4.79 Å². The predicted octanol–water partition coefficient (Wildman–Crippen LogP) is 6.17. The largest absolute Gasteiger partial charge is 0.322 e. The molecule has 0 bridgehead atoms. The molecule has 0 spiro atoms. The Kier molecular flexibility index (Phi) is 5.54. The molecule has 0 heterocycles. The van der Waals surface area contributed by atoms with Gasteiger partial charge >= 0.3 is 0 Å². The highest BCUT2D eigenvalue weighted by Crippen LogP contribution is 2.26. The number of anilines is 1. The van der Waals surface area contributed by atoms with Crippen molar-refractivity contribution in [3.05, 3.63) is 100 Å². The van der Waals surface area contributed by atoms with Crippen molar-refractivity contribution in [3.8, 4) is 0 Å². The summed E-state index contributed by atoms with van der Waals surface area (Å²) in [4.78, 5) is 12.9. The molecule has 0 aliphatic carbocycles. The second-order valence-electron chi connectivity index (χ2n) is 5.42. The van der Waals surface area contributed by atoms with E-state index < -0.39 is 0 Å². The van der Waals surface area contributed by atoms with Gasteiger partial charge in [-0.3, -0.25) is 4.79 Å². The van der Waals surface area contributed by atoms with Gasteiger partial charge in [-0.1, -0.05) is 83.9 Å². The second-order valence-corrected chi connectivity index (χ2v) is 6.23. The van der Waals surface area contributed by atoms with E-state index in [9.17, 15) is 4.79 Å². The van der Waals surface area contributed by atoms with Gasteiger partial charge in [0.05, 0.1) is 10.0 Å². The van der Waals surface area contributed by atoms with Crippen LogP contribution in [0.25, 0.3) is 11.6 Å². The molecule has 124 valence electrons. The van der Waals surface area contributed by atoms with Gasteiger partial charge in [-0.05, 0) is 35.4 Å². The summed E-state index contributed by atoms with van der Waals surface area (Å²) in [5.74, 6) is -0.214. The van der Waals surface area contributed by atoms with E-state index in [2.05, 4.69) is 5.32 Å². The second kappa shape index (κ2) is 8.02. The number of hydrogen-bond donors (Lipinski definition) is 1. The highest BCUT2D eigenvalue weighted by atomic mass is 35.5. The topological polar surface area (TPSA) is 29.1 Å². The Morgan fingerprint density at radius 1 is 0.800 bits per heavy atom. The summed E-state index contributed by atoms with van der Waals surface area (Å²) in [5, 5.41) is 3.72. The van der Waals surface area contributed by atoms with Gasteiger partial charge in [0.15, 0.2) is 0 Å². The smallest absolute Gasteiger partial charge is 0.256 e. The number of rotatable bonds is 4. The molecule has 0 saturated carbocycles. The van der Waals surface area contributed by atoms with Crippen LogP contribution in [0.4, 0.5) is 5.69 Å². The summed E-state index contributed by atoms with van der Waals surface area (Å²) < 4.78 is 0. The molecular formula is C21H15Cl2NO. The van der Waals surface area contributed by atoms with Gasteiger partial charge in [0.2, 0.25) is 0 Å². The monoisotopic (exact) mass is 367 g/mol. The molecule has 25 heavy (non-hydrogen) atoms. The number of amides is 1. The summed E-state index contributed by atoms with van der Waals surface area (Å²) in [5.41, 5.74) is 2.95. The zero-order valence-corrected chi connectivity index (χ0v) is 14.8. The van der Waals surface area contributed by atoms with Crippen molar-refractivity contribution < 1.29 is 4.79 Å². The fraction of sp³-hybridized carbons (Fsp3) is 0. The maximum Gasteiger partial charge on any atom is 0.256 e. The fourth-order valence-corrected chi connectivity index (χ4v) is 2.68. The van der Waals surface area contributed by atoms with Crippen molar-refractivity contribution in [1.29, 1.82) is 0 Å². The van der Waals surface area contributed by atoms with Crippen molar-refractivity contribution in [1.82, 2.24) is 0 Å². The zero-order valence-electron chi connectivity index (χ0n) is 13.2. The summed E-state index contributed by atoms with van der Waals surface area (Å²) >= 11 is 12.0. The molecule has 3 aromatic rings. The van der Waals surface area contributed by atoms with E-state index in [1.54, 1.807) is 18.2 Å². The minimum absolute atomic E-state index is 0.214. The molecule has 2 nitrogen and oxygen atoms in total. The number of carbonyl (C=O) groups excluding carboxylic acids is 1. The summed E-state index contributed by atoms with van der Waals surface area (Å²) in [6, 6.07) is 24.3. The summed E-state index contributed by atoms with van der Waals surface area (Å²) in [7, 11) is 0. The van der Waals surface area contributed by atoms with Crippen LogP contribution in [0.1, 0.15) is 11.1 Å². The third-order valence-corrected chi connectivity index (χ3v) is 4.36. The lowest BCUT2D eigenvalue weighted by molar-refractivity contribution is -0.111. The molecule has 1 amide bonds. The maximum atomic E-state index is 12.9. The van der Waals surface area contributed by atoms with E-state index in [4.69, 9.17) is 23.2 Å². The van der Waals surface area contributed by atoms with Crippen LogP contribution in [0.15, 0.2) is 78.9 Å². The Morgan fingerprint density at radius 2 is 1.44 bits per heavy atom. The molecule has 0 saturated heterocycles. The van der Waals surface area contributed by atoms with Crippen LogP contribution < -0.4 is 5.32 Å². The Morgan fingerprint density at radius 3 is 2.08 bits per heavy atom. The van der Waals surface area contributed by atoms with Gasteiger partial charge < -0.3 is 5.32 Å². The van der Waals surface area contributed by atoms with Crippen LogP contribution in [0.3, 0.4) is 0 Å². The molecular weight excluding hydrogens is 353 g/mol. The van der Waals surface area contributed by atoms with E-state index in [-0.39, 0.29) is 5.91 Å². The van der Waals surface area contributed by atoms with Gasteiger partial charge in [0.1, 0.15) is 0 Å². The lowest BCUT2D eigenvalue weighted by Gasteiger charge is -2.10. The Hall–Kier alpha value is -2.55. The molecule has 0 aliphatic rings. The Labute approximate surface area is 156 Å². The lowest BCUT2D eigenvalue weighted by Crippen LogP contribution is -2.13. The van der Waals surface area contributed by atoms with Crippen molar-refractivity contribution in [2.45, 2.75) is 0 Å². The lowest BCUT2D eigenvalue weighted by atomic mass is 10.0. The van der Waals surface area contributed by atoms with E-state index >= 15 is 0 Å². The average molecular weight is 368 g/mol. The molecule has 0 radical (unpaired) electrons. The molecule has 3 rings (SSSR count). The molecule has 0 unspecified atom stereocenters. The first-order valence-corrected chi connectivity index (χ1v) is 8.47. The van der Waals surface area contributed by atoms with Crippen LogP contribution in [0, 0.1) is 0 Å². The zero-order chi connectivity index (χ0) is 17.6. The molecule has 3 aromatic carbocycles. The Bertz CT molecular complexity index is 906. The van der Waals surface area contributed by atoms with E-state index in [1.807, 2.05) is 66.7 Å². The van der Waals surface area contributed by atoms with E-state index in [0.717, 1.165) is 11.1 Å². The summed E-state index contributed by atoms with van der Waals surface area (Å²) in [6.45, 7) is 0. The van der Waals surface area contributed by atoms with Crippen molar-refractivity contribution in [2.24, 2.45) is 0 Å². The first-order valence-electron chi connectivity index (χ1n) is 7.72. The number of hydrogen-bond acceptors (Lipinski definition) is 1. The average Bonchev–Trinajstić information content (AvgIpc) is 2.64. The number of halogens is 2. The minimum Gasteiger partial charge on any atom is -0.322 e. The molecule has 0 fully saturated rings. The molecule has 4 heteroatoms. The summed E-state index contributed by atoms with van der Waals surface area (Å²) in [6.07, 6.45) is 1.86. The van der Waals surface area contributed by atoms with Gasteiger partial charge in [-0.2, -0.15) is 0 Å². The molecule has 1 N–H and O–H groups in total. The van der Waals surface area contributed by atoms with Crippen LogP contribution in [-0.4, -0.2) is 5.91 Å². The minimum atomic E-state index is -0.214. The number of nitrogens with one attached hydrogen (secondary N) is 1. The standard InChI is InChI=1S/C21H15Cl2NO/c22-19-12-11-17(14-20(19)23)24-21(25)18(16-9-5-2-6-10-16)13-15-7-3-1-4-8-15/h1-14H,(H,24,25). The van der Waals surface area contributed by atoms with Gasteiger partial charge in [0, 0.05) is 11.3 Å². The highest BCUT2D eigenvalue weighted by Gasteiger charge is 2.13. The van der Waals surface area contributed by atoms with Crippen LogP contribution in [0.5, 0.6) is 0 Å². The molecule has 0 aromatic heterocycles. The third-order valence-electron chi connectivity index (χ3n) is 3.62. The van der Waals surface area contributed by atoms with E-state index in [1.165, 1.54) is 0 Å². The normalized spacial score (nSPS) is 11.2. The maximum absolute atomic E-state index is 12.9. The van der Waals surface area contributed by atoms with Gasteiger partial charge in [-0.25, -0.2) is 0 Å². The molecule has 0 atom stereocenters. The fourth-order valence-electron chi connectivity index (χ4n) is 2.39. The van der Waals surface area contributed by atoms with Crippen molar-refractivity contribution in [3.63, 3.8) is 0 Å². The first-order chi connectivity index (χ1) is 12.1. The van der Waals surface area contributed by atoms with Crippen LogP contribution in [0.2, 0.25) is 10.0 Å². The van der Waals surface area contributed by atoms with Gasteiger partial charge in [0.25, 0.3) is 5.91 Å². The SMILES string of the molecule is O=C(Nc1ccc(Cl)c(Cl)c1)C(=Cc1ccccc1)c1ccccc1. The number of carbonyl (C=O) groups is 1. The van der Waals surface area contributed by atoms with Crippen molar-refractivity contribution >= 4 is 46.4 Å². The quantitative estimate of drug-likeness (QED) is 0.433. The number of benzene rings is 3.